The fourth-order valence-corrected chi connectivity index (χ4v) is 3.47. The van der Waals surface area contributed by atoms with E-state index >= 15 is 0 Å². The molecule has 5 nitrogen and oxygen atoms in total. The first-order valence-corrected chi connectivity index (χ1v) is 7.85. The van der Waals surface area contributed by atoms with Crippen molar-refractivity contribution in [1.82, 2.24) is 4.90 Å². The molecule has 3 rings (SSSR count). The van der Waals surface area contributed by atoms with E-state index in [-0.39, 0.29) is 30.2 Å². The Morgan fingerprint density at radius 2 is 1.73 bits per heavy atom. The van der Waals surface area contributed by atoms with Crippen molar-refractivity contribution in [2.75, 3.05) is 11.9 Å². The largest absolute Gasteiger partial charge is 0.323 e. The number of benzene rings is 1. The van der Waals surface area contributed by atoms with Gasteiger partial charge in [0.25, 0.3) is 0 Å². The van der Waals surface area contributed by atoms with Crippen LogP contribution < -0.4 is 5.32 Å². The van der Waals surface area contributed by atoms with Crippen LogP contribution in [0.1, 0.15) is 25.7 Å². The van der Waals surface area contributed by atoms with E-state index in [1.807, 2.05) is 0 Å². The van der Waals surface area contributed by atoms with Crippen molar-refractivity contribution in [2.45, 2.75) is 25.7 Å². The molecule has 1 N–H and O–H groups in total. The number of nitrogens with one attached hydrogen (secondary N) is 1. The number of carbonyl (C=O) groups excluding carboxylic acids is 3. The van der Waals surface area contributed by atoms with Crippen molar-refractivity contribution in [3.8, 4) is 0 Å². The second-order valence-corrected chi connectivity index (χ2v) is 6.20. The predicted octanol–water partition coefficient (Wildman–Crippen LogP) is 2.45. The average Bonchev–Trinajstić information content (AvgIpc) is 2.75. The van der Waals surface area contributed by atoms with Gasteiger partial charge in [0.1, 0.15) is 6.54 Å². The minimum absolute atomic E-state index is 0.205. The van der Waals surface area contributed by atoms with Crippen LogP contribution in [0.3, 0.4) is 0 Å². The molecule has 2 atom stereocenters. The molecule has 0 radical (unpaired) electrons. The molecule has 1 aliphatic carbocycles. The topological polar surface area (TPSA) is 66.5 Å². The first kappa shape index (κ1) is 15.0. The fourth-order valence-electron chi connectivity index (χ4n) is 3.28. The van der Waals surface area contributed by atoms with Crippen LogP contribution in [0.5, 0.6) is 0 Å². The van der Waals surface area contributed by atoms with E-state index in [0.717, 1.165) is 30.6 Å². The van der Waals surface area contributed by atoms with Gasteiger partial charge in [0.15, 0.2) is 0 Å². The summed E-state index contributed by atoms with van der Waals surface area (Å²) < 4.78 is 0. The van der Waals surface area contributed by atoms with E-state index in [1.54, 1.807) is 24.3 Å². The highest BCUT2D eigenvalue weighted by Crippen LogP contribution is 2.37. The number of carbonyl (C=O) groups is 3. The quantitative estimate of drug-likeness (QED) is 0.870. The van der Waals surface area contributed by atoms with E-state index in [4.69, 9.17) is 11.6 Å². The summed E-state index contributed by atoms with van der Waals surface area (Å²) >= 11 is 5.98. The smallest absolute Gasteiger partial charge is 0.244 e. The molecule has 1 saturated carbocycles. The third kappa shape index (κ3) is 2.73. The summed E-state index contributed by atoms with van der Waals surface area (Å²) in [7, 11) is 0. The predicted molar refractivity (Wildman–Crippen MR) is 82.2 cm³/mol. The monoisotopic (exact) mass is 320 g/mol. The molecular formula is C16H17ClN2O3. The zero-order valence-electron chi connectivity index (χ0n) is 12.0. The molecule has 0 bridgehead atoms. The number of fused-ring (bicyclic) bond motifs is 1. The van der Waals surface area contributed by atoms with Crippen molar-refractivity contribution in [3.63, 3.8) is 0 Å². The Bertz CT molecular complexity index is 608. The van der Waals surface area contributed by atoms with E-state index in [0.29, 0.717) is 10.7 Å². The Kier molecular flexibility index (Phi) is 4.16. The van der Waals surface area contributed by atoms with Gasteiger partial charge in [-0.25, -0.2) is 0 Å². The molecule has 2 fully saturated rings. The Labute approximate surface area is 133 Å². The Hall–Kier alpha value is -1.88. The van der Waals surface area contributed by atoms with Gasteiger partial charge in [0, 0.05) is 0 Å². The molecule has 0 unspecified atom stereocenters. The maximum atomic E-state index is 12.3. The van der Waals surface area contributed by atoms with Crippen LogP contribution in [-0.2, 0) is 14.4 Å². The third-order valence-corrected chi connectivity index (χ3v) is 4.71. The lowest BCUT2D eigenvalue weighted by molar-refractivity contribution is -0.142. The number of hydrogen-bond donors (Lipinski definition) is 1. The molecule has 0 aromatic heterocycles. The highest BCUT2D eigenvalue weighted by atomic mass is 35.5. The van der Waals surface area contributed by atoms with E-state index in [1.165, 1.54) is 0 Å². The summed E-state index contributed by atoms with van der Waals surface area (Å²) in [5.74, 6) is -1.27. The van der Waals surface area contributed by atoms with Crippen LogP contribution in [0.15, 0.2) is 24.3 Å². The molecule has 3 amide bonds. The van der Waals surface area contributed by atoms with Crippen molar-refractivity contribution < 1.29 is 14.4 Å². The van der Waals surface area contributed by atoms with Crippen LogP contribution in [-0.4, -0.2) is 29.2 Å². The number of para-hydroxylation sites is 1. The number of likely N-dealkylation sites (tertiary alicyclic amines) is 1. The van der Waals surface area contributed by atoms with Gasteiger partial charge in [-0.1, -0.05) is 36.6 Å². The zero-order valence-corrected chi connectivity index (χ0v) is 12.8. The summed E-state index contributed by atoms with van der Waals surface area (Å²) in [6, 6.07) is 6.85. The summed E-state index contributed by atoms with van der Waals surface area (Å²) in [6.45, 7) is -0.240. The highest BCUT2D eigenvalue weighted by molar-refractivity contribution is 6.33. The van der Waals surface area contributed by atoms with E-state index in [9.17, 15) is 14.4 Å². The molecule has 116 valence electrons. The van der Waals surface area contributed by atoms with Crippen LogP contribution >= 0.6 is 11.6 Å². The summed E-state index contributed by atoms with van der Waals surface area (Å²) in [5.41, 5.74) is 0.477. The van der Waals surface area contributed by atoms with Gasteiger partial charge in [-0.2, -0.15) is 0 Å². The number of anilines is 1. The summed E-state index contributed by atoms with van der Waals surface area (Å²) in [4.78, 5) is 37.8. The molecule has 1 saturated heterocycles. The van der Waals surface area contributed by atoms with E-state index in [2.05, 4.69) is 5.32 Å². The van der Waals surface area contributed by atoms with Crippen molar-refractivity contribution >= 4 is 35.0 Å². The number of amides is 3. The first-order chi connectivity index (χ1) is 10.6. The molecule has 1 aliphatic heterocycles. The summed E-state index contributed by atoms with van der Waals surface area (Å²) in [5, 5.41) is 3.06. The van der Waals surface area contributed by atoms with Gasteiger partial charge in [-0.3, -0.25) is 19.3 Å². The Morgan fingerprint density at radius 1 is 1.14 bits per heavy atom. The van der Waals surface area contributed by atoms with Crippen LogP contribution in [0, 0.1) is 11.8 Å². The van der Waals surface area contributed by atoms with Crippen LogP contribution in [0.4, 0.5) is 5.69 Å². The number of nitrogens with zero attached hydrogens (tertiary/aromatic N) is 1. The van der Waals surface area contributed by atoms with Gasteiger partial charge >= 0.3 is 0 Å². The fraction of sp³-hybridized carbons (Fsp3) is 0.438. The lowest BCUT2D eigenvalue weighted by atomic mass is 9.81. The molecular weight excluding hydrogens is 304 g/mol. The van der Waals surface area contributed by atoms with Crippen LogP contribution in [0.25, 0.3) is 0 Å². The highest BCUT2D eigenvalue weighted by Gasteiger charge is 2.48. The number of halogens is 1. The third-order valence-electron chi connectivity index (χ3n) is 4.38. The molecule has 1 heterocycles. The van der Waals surface area contributed by atoms with Gasteiger partial charge in [-0.05, 0) is 25.0 Å². The maximum absolute atomic E-state index is 12.3. The van der Waals surface area contributed by atoms with Crippen molar-refractivity contribution in [3.05, 3.63) is 29.3 Å². The first-order valence-electron chi connectivity index (χ1n) is 7.47. The standard InChI is InChI=1S/C16H17ClN2O3/c17-12-7-3-4-8-13(12)18-14(20)9-19-15(21)10-5-1-2-6-11(10)16(19)22/h3-4,7-8,10-11H,1-2,5-6,9H2,(H,18,20)/t10-,11-/m1/s1. The van der Waals surface area contributed by atoms with Crippen molar-refractivity contribution in [1.29, 1.82) is 0 Å². The van der Waals surface area contributed by atoms with E-state index < -0.39 is 5.91 Å². The lowest BCUT2D eigenvalue weighted by Crippen LogP contribution is -2.38. The summed E-state index contributed by atoms with van der Waals surface area (Å²) in [6.07, 6.45) is 3.44. The molecule has 1 aromatic carbocycles. The second-order valence-electron chi connectivity index (χ2n) is 5.79. The molecule has 2 aliphatic rings. The normalized spacial score (nSPS) is 24.3. The van der Waals surface area contributed by atoms with Gasteiger partial charge in [0.2, 0.25) is 17.7 Å². The zero-order chi connectivity index (χ0) is 15.7. The second kappa shape index (κ2) is 6.08. The minimum Gasteiger partial charge on any atom is -0.323 e. The molecule has 0 spiro atoms. The molecule has 6 heteroatoms. The van der Waals surface area contributed by atoms with Crippen molar-refractivity contribution in [2.24, 2.45) is 11.8 Å². The van der Waals surface area contributed by atoms with Gasteiger partial charge in [-0.15, -0.1) is 0 Å². The lowest BCUT2D eigenvalue weighted by Gasteiger charge is -2.19. The van der Waals surface area contributed by atoms with Gasteiger partial charge in [0.05, 0.1) is 22.5 Å². The average molecular weight is 321 g/mol. The minimum atomic E-state index is -0.409. The maximum Gasteiger partial charge on any atom is 0.244 e. The Balaban J connectivity index is 1.68. The number of rotatable bonds is 3. The van der Waals surface area contributed by atoms with Crippen LogP contribution in [0.2, 0.25) is 5.02 Å². The Morgan fingerprint density at radius 3 is 2.32 bits per heavy atom. The number of imide groups is 1. The molecule has 22 heavy (non-hydrogen) atoms. The SMILES string of the molecule is O=C(CN1C(=O)[C@@H]2CCCC[C@H]2C1=O)Nc1ccccc1Cl. The van der Waals surface area contributed by atoms with Gasteiger partial charge < -0.3 is 5.32 Å². The number of hydrogen-bond acceptors (Lipinski definition) is 3. The molecule has 1 aromatic rings.